The van der Waals surface area contributed by atoms with Crippen LogP contribution in [0.5, 0.6) is 11.6 Å². The van der Waals surface area contributed by atoms with Gasteiger partial charge < -0.3 is 9.84 Å². The third kappa shape index (κ3) is 3.41. The summed E-state index contributed by atoms with van der Waals surface area (Å²) in [5.74, 6) is 1.01. The first-order valence-electron chi connectivity index (χ1n) is 5.13. The largest absolute Gasteiger partial charge is 0.437 e. The Hall–Kier alpha value is -1.65. The fourth-order valence-electron chi connectivity index (χ4n) is 1.35. The molecular formula is C12H11ClN2O2. The van der Waals surface area contributed by atoms with E-state index >= 15 is 0 Å². The van der Waals surface area contributed by atoms with E-state index < -0.39 is 0 Å². The van der Waals surface area contributed by atoms with E-state index in [4.69, 9.17) is 21.4 Å². The van der Waals surface area contributed by atoms with Crippen molar-refractivity contribution in [3.63, 3.8) is 0 Å². The number of aliphatic hydroxyl groups is 1. The zero-order valence-corrected chi connectivity index (χ0v) is 9.76. The van der Waals surface area contributed by atoms with Crippen molar-refractivity contribution in [2.24, 2.45) is 0 Å². The Bertz CT molecular complexity index is 488. The van der Waals surface area contributed by atoms with Crippen LogP contribution in [0.1, 0.15) is 5.56 Å². The number of rotatable bonds is 4. The van der Waals surface area contributed by atoms with Gasteiger partial charge in [-0.05, 0) is 24.1 Å². The Balaban J connectivity index is 2.08. The van der Waals surface area contributed by atoms with Gasteiger partial charge in [-0.15, -0.1) is 0 Å². The number of nitrogens with zero attached hydrogens (tertiary/aromatic N) is 2. The Morgan fingerprint density at radius 2 is 1.94 bits per heavy atom. The molecule has 0 atom stereocenters. The van der Waals surface area contributed by atoms with Crippen molar-refractivity contribution in [1.82, 2.24) is 9.97 Å². The van der Waals surface area contributed by atoms with E-state index in [1.807, 2.05) is 24.3 Å². The number of ether oxygens (including phenoxy) is 1. The van der Waals surface area contributed by atoms with Crippen LogP contribution in [0.2, 0.25) is 5.15 Å². The zero-order valence-electron chi connectivity index (χ0n) is 9.01. The molecule has 0 aliphatic rings. The van der Waals surface area contributed by atoms with Crippen molar-refractivity contribution in [2.45, 2.75) is 6.42 Å². The zero-order chi connectivity index (χ0) is 12.1. The second-order valence-electron chi connectivity index (χ2n) is 3.40. The van der Waals surface area contributed by atoms with Gasteiger partial charge in [-0.1, -0.05) is 23.7 Å². The molecule has 2 rings (SSSR count). The maximum absolute atomic E-state index is 8.79. The lowest BCUT2D eigenvalue weighted by molar-refractivity contribution is 0.299. The minimum absolute atomic E-state index is 0.139. The van der Waals surface area contributed by atoms with E-state index in [2.05, 4.69) is 9.97 Å². The topological polar surface area (TPSA) is 55.2 Å². The highest BCUT2D eigenvalue weighted by Crippen LogP contribution is 2.20. The van der Waals surface area contributed by atoms with Gasteiger partial charge in [0, 0.05) is 6.61 Å². The van der Waals surface area contributed by atoms with Crippen LogP contribution in [-0.2, 0) is 6.42 Å². The van der Waals surface area contributed by atoms with Crippen LogP contribution >= 0.6 is 11.6 Å². The lowest BCUT2D eigenvalue weighted by Crippen LogP contribution is -1.92. The second-order valence-corrected chi connectivity index (χ2v) is 3.79. The van der Waals surface area contributed by atoms with Crippen molar-refractivity contribution in [3.8, 4) is 11.6 Å². The molecule has 0 aliphatic carbocycles. The lowest BCUT2D eigenvalue weighted by Gasteiger charge is -2.05. The summed E-state index contributed by atoms with van der Waals surface area (Å²) in [5, 5.41) is 9.08. The molecular weight excluding hydrogens is 240 g/mol. The first-order valence-corrected chi connectivity index (χ1v) is 5.51. The summed E-state index contributed by atoms with van der Waals surface area (Å²) in [6, 6.07) is 7.41. The molecule has 17 heavy (non-hydrogen) atoms. The first-order chi connectivity index (χ1) is 8.28. The van der Waals surface area contributed by atoms with Crippen LogP contribution in [0.3, 0.4) is 0 Å². The van der Waals surface area contributed by atoms with Crippen LogP contribution in [0.25, 0.3) is 0 Å². The van der Waals surface area contributed by atoms with Crippen molar-refractivity contribution in [2.75, 3.05) is 6.61 Å². The SMILES string of the molecule is OCCc1ccc(Oc2cncc(Cl)n2)cc1. The Morgan fingerprint density at radius 3 is 2.59 bits per heavy atom. The van der Waals surface area contributed by atoms with E-state index in [1.54, 1.807) is 0 Å². The molecule has 0 spiro atoms. The van der Waals surface area contributed by atoms with E-state index in [9.17, 15) is 0 Å². The molecule has 0 unspecified atom stereocenters. The monoisotopic (exact) mass is 250 g/mol. The summed E-state index contributed by atoms with van der Waals surface area (Å²) in [6.45, 7) is 0.139. The molecule has 0 saturated heterocycles. The van der Waals surface area contributed by atoms with Crippen molar-refractivity contribution in [3.05, 3.63) is 47.4 Å². The molecule has 0 amide bonds. The first kappa shape index (κ1) is 11.8. The smallest absolute Gasteiger partial charge is 0.239 e. The maximum Gasteiger partial charge on any atom is 0.239 e. The second kappa shape index (κ2) is 5.61. The standard InChI is InChI=1S/C12H11ClN2O2/c13-11-7-14-8-12(15-11)17-10-3-1-9(2-4-10)5-6-16/h1-4,7-8,16H,5-6H2. The summed E-state index contributed by atoms with van der Waals surface area (Å²) >= 11 is 5.70. The molecule has 1 N–H and O–H groups in total. The Labute approximate surface area is 104 Å². The summed E-state index contributed by atoms with van der Waals surface area (Å²) < 4.78 is 5.47. The molecule has 0 aliphatic heterocycles. The summed E-state index contributed by atoms with van der Waals surface area (Å²) in [5.41, 5.74) is 1.05. The van der Waals surface area contributed by atoms with Crippen LogP contribution in [-0.4, -0.2) is 21.7 Å². The van der Waals surface area contributed by atoms with Crippen molar-refractivity contribution in [1.29, 1.82) is 0 Å². The van der Waals surface area contributed by atoms with Gasteiger partial charge in [-0.3, -0.25) is 4.98 Å². The summed E-state index contributed by atoms with van der Waals surface area (Å²) in [4.78, 5) is 7.84. The van der Waals surface area contributed by atoms with Crippen LogP contribution in [0, 0.1) is 0 Å². The third-order valence-electron chi connectivity index (χ3n) is 2.13. The minimum Gasteiger partial charge on any atom is -0.437 e. The highest BCUT2D eigenvalue weighted by Gasteiger charge is 2.00. The molecule has 5 heteroatoms. The van der Waals surface area contributed by atoms with Gasteiger partial charge in [0.25, 0.3) is 0 Å². The van der Waals surface area contributed by atoms with Gasteiger partial charge in [0.05, 0.1) is 12.4 Å². The predicted octanol–water partition coefficient (Wildman–Crippen LogP) is 2.46. The molecule has 1 aromatic carbocycles. The summed E-state index contributed by atoms with van der Waals surface area (Å²) in [7, 11) is 0. The predicted molar refractivity (Wildman–Crippen MR) is 64.3 cm³/mol. The van der Waals surface area contributed by atoms with Crippen molar-refractivity contribution >= 4 is 11.6 Å². The van der Waals surface area contributed by atoms with Crippen molar-refractivity contribution < 1.29 is 9.84 Å². The van der Waals surface area contributed by atoms with Gasteiger partial charge in [-0.25, -0.2) is 0 Å². The number of benzene rings is 1. The molecule has 0 bridgehead atoms. The Kier molecular flexibility index (Phi) is 3.90. The number of hydrogen-bond donors (Lipinski definition) is 1. The van der Waals surface area contributed by atoms with Crippen LogP contribution in [0.15, 0.2) is 36.7 Å². The maximum atomic E-state index is 8.79. The molecule has 88 valence electrons. The number of halogens is 1. The van der Waals surface area contributed by atoms with Crippen LogP contribution < -0.4 is 4.74 Å². The normalized spacial score (nSPS) is 10.2. The van der Waals surface area contributed by atoms with Crippen LogP contribution in [0.4, 0.5) is 0 Å². The van der Waals surface area contributed by atoms with E-state index in [0.29, 0.717) is 23.2 Å². The molecule has 1 aromatic heterocycles. The number of aromatic nitrogens is 2. The third-order valence-corrected chi connectivity index (χ3v) is 2.31. The fraction of sp³-hybridized carbons (Fsp3) is 0.167. The molecule has 4 nitrogen and oxygen atoms in total. The van der Waals surface area contributed by atoms with Gasteiger partial charge in [0.2, 0.25) is 5.88 Å². The quantitative estimate of drug-likeness (QED) is 0.906. The summed E-state index contributed by atoms with van der Waals surface area (Å²) in [6.07, 6.45) is 3.57. The lowest BCUT2D eigenvalue weighted by atomic mass is 10.1. The van der Waals surface area contributed by atoms with Gasteiger partial charge in [0.15, 0.2) is 5.15 Å². The average molecular weight is 251 g/mol. The molecule has 1 heterocycles. The highest BCUT2D eigenvalue weighted by atomic mass is 35.5. The van der Waals surface area contributed by atoms with E-state index in [-0.39, 0.29) is 6.61 Å². The number of aliphatic hydroxyl groups excluding tert-OH is 1. The van der Waals surface area contributed by atoms with Gasteiger partial charge in [0.1, 0.15) is 5.75 Å². The highest BCUT2D eigenvalue weighted by molar-refractivity contribution is 6.29. The van der Waals surface area contributed by atoms with E-state index in [1.165, 1.54) is 12.4 Å². The Morgan fingerprint density at radius 1 is 1.18 bits per heavy atom. The minimum atomic E-state index is 0.139. The molecule has 0 fully saturated rings. The molecule has 0 saturated carbocycles. The fourth-order valence-corrected chi connectivity index (χ4v) is 1.49. The van der Waals surface area contributed by atoms with Gasteiger partial charge >= 0.3 is 0 Å². The van der Waals surface area contributed by atoms with E-state index in [0.717, 1.165) is 5.56 Å². The average Bonchev–Trinajstić information content (AvgIpc) is 2.32. The number of hydrogen-bond acceptors (Lipinski definition) is 4. The molecule has 2 aromatic rings. The van der Waals surface area contributed by atoms with Gasteiger partial charge in [-0.2, -0.15) is 4.98 Å². The molecule has 0 radical (unpaired) electrons.